The monoisotopic (exact) mass is 380 g/mol. The van der Waals surface area contributed by atoms with Gasteiger partial charge in [-0.2, -0.15) is 0 Å². The van der Waals surface area contributed by atoms with Gasteiger partial charge in [0.25, 0.3) is 0 Å². The van der Waals surface area contributed by atoms with Crippen molar-refractivity contribution in [2.24, 2.45) is 11.8 Å². The van der Waals surface area contributed by atoms with Gasteiger partial charge in [-0.3, -0.25) is 0 Å². The molecule has 0 heterocycles. The summed E-state index contributed by atoms with van der Waals surface area (Å²) in [7, 11) is 0. The summed E-state index contributed by atoms with van der Waals surface area (Å²) in [5.74, 6) is 2.78. The summed E-state index contributed by atoms with van der Waals surface area (Å²) in [4.78, 5) is 0. The number of rotatable bonds is 10. The summed E-state index contributed by atoms with van der Waals surface area (Å²) in [5, 5.41) is 0. The molecule has 0 aliphatic heterocycles. The predicted octanol–water partition coefficient (Wildman–Crippen LogP) is 9.30. The normalized spacial score (nSPS) is 25.5. The molecule has 0 heteroatoms. The standard InChI is InChI=1S/C28H44/c1-3-5-7-8-10-24-13-17-26(18-14-24)28-21-19-27(20-22-28)25-15-11-23(12-16-25)9-6-4-2/h17,19-25H,3-16,18H2,1-2H3. The van der Waals surface area contributed by atoms with Crippen LogP contribution in [0.25, 0.3) is 5.57 Å². The molecule has 1 unspecified atom stereocenters. The smallest absolute Gasteiger partial charge is 0.0162 e. The molecule has 0 nitrogen and oxygen atoms in total. The van der Waals surface area contributed by atoms with Crippen molar-refractivity contribution in [2.45, 2.75) is 116 Å². The first-order valence-corrected chi connectivity index (χ1v) is 12.6. The Hall–Kier alpha value is -1.04. The number of benzene rings is 1. The Labute approximate surface area is 175 Å². The van der Waals surface area contributed by atoms with Gasteiger partial charge >= 0.3 is 0 Å². The second-order valence-corrected chi connectivity index (χ2v) is 9.70. The van der Waals surface area contributed by atoms with Crippen molar-refractivity contribution in [3.05, 3.63) is 41.5 Å². The Balaban J connectivity index is 1.45. The molecular weight excluding hydrogens is 336 g/mol. The average molecular weight is 381 g/mol. The van der Waals surface area contributed by atoms with E-state index in [-0.39, 0.29) is 0 Å². The van der Waals surface area contributed by atoms with E-state index in [0.29, 0.717) is 0 Å². The number of unbranched alkanes of at least 4 members (excludes halogenated alkanes) is 4. The topological polar surface area (TPSA) is 0 Å². The maximum Gasteiger partial charge on any atom is -0.0162 e. The van der Waals surface area contributed by atoms with Gasteiger partial charge in [0.2, 0.25) is 0 Å². The molecule has 0 radical (unpaired) electrons. The quantitative estimate of drug-likeness (QED) is 0.355. The van der Waals surface area contributed by atoms with Crippen LogP contribution in [0, 0.1) is 11.8 Å². The molecule has 3 rings (SSSR count). The fraction of sp³-hybridized carbons (Fsp3) is 0.714. The van der Waals surface area contributed by atoms with Crippen LogP contribution >= 0.6 is 0 Å². The van der Waals surface area contributed by atoms with Crippen molar-refractivity contribution in [1.29, 1.82) is 0 Å². The SMILES string of the molecule is CCCCCCC1CC=C(c2ccc(C3CCC(CCCC)CC3)cc2)CC1. The Bertz CT molecular complexity index is 571. The zero-order chi connectivity index (χ0) is 19.6. The number of hydrogen-bond donors (Lipinski definition) is 0. The van der Waals surface area contributed by atoms with Gasteiger partial charge in [-0.05, 0) is 79.4 Å². The van der Waals surface area contributed by atoms with Crippen molar-refractivity contribution < 1.29 is 0 Å². The molecule has 28 heavy (non-hydrogen) atoms. The molecule has 1 saturated carbocycles. The summed E-state index contributed by atoms with van der Waals surface area (Å²) in [5.41, 5.74) is 4.70. The number of hydrogen-bond acceptors (Lipinski definition) is 0. The summed E-state index contributed by atoms with van der Waals surface area (Å²) < 4.78 is 0. The Morgan fingerprint density at radius 1 is 0.714 bits per heavy atom. The van der Waals surface area contributed by atoms with Gasteiger partial charge in [-0.1, -0.05) is 95.6 Å². The molecule has 0 saturated heterocycles. The van der Waals surface area contributed by atoms with E-state index in [4.69, 9.17) is 0 Å². The highest BCUT2D eigenvalue weighted by Crippen LogP contribution is 2.39. The Morgan fingerprint density at radius 2 is 1.43 bits per heavy atom. The van der Waals surface area contributed by atoms with Crippen LogP contribution in [-0.4, -0.2) is 0 Å². The van der Waals surface area contributed by atoms with Gasteiger partial charge in [0.05, 0.1) is 0 Å². The van der Waals surface area contributed by atoms with Gasteiger partial charge in [-0.25, -0.2) is 0 Å². The van der Waals surface area contributed by atoms with Gasteiger partial charge in [0.15, 0.2) is 0 Å². The van der Waals surface area contributed by atoms with E-state index < -0.39 is 0 Å². The molecule has 0 N–H and O–H groups in total. The lowest BCUT2D eigenvalue weighted by Crippen LogP contribution is -2.13. The van der Waals surface area contributed by atoms with Crippen LogP contribution in [0.1, 0.15) is 127 Å². The molecule has 0 aromatic heterocycles. The predicted molar refractivity (Wildman–Crippen MR) is 125 cm³/mol. The van der Waals surface area contributed by atoms with Gasteiger partial charge in [0.1, 0.15) is 0 Å². The zero-order valence-corrected chi connectivity index (χ0v) is 18.7. The summed E-state index contributed by atoms with van der Waals surface area (Å²) >= 11 is 0. The molecule has 2 aliphatic rings. The molecule has 156 valence electrons. The lowest BCUT2D eigenvalue weighted by molar-refractivity contribution is 0.304. The molecule has 0 spiro atoms. The van der Waals surface area contributed by atoms with Crippen molar-refractivity contribution in [3.8, 4) is 0 Å². The maximum atomic E-state index is 2.56. The van der Waals surface area contributed by atoms with Crippen LogP contribution in [0.4, 0.5) is 0 Å². The highest BCUT2D eigenvalue weighted by atomic mass is 14.3. The van der Waals surface area contributed by atoms with Gasteiger partial charge < -0.3 is 0 Å². The fourth-order valence-corrected chi connectivity index (χ4v) is 5.52. The Morgan fingerprint density at radius 3 is 2.07 bits per heavy atom. The second kappa shape index (κ2) is 11.8. The maximum absolute atomic E-state index is 2.56. The fourth-order valence-electron chi connectivity index (χ4n) is 5.52. The summed E-state index contributed by atoms with van der Waals surface area (Å²) in [6.45, 7) is 4.63. The van der Waals surface area contributed by atoms with E-state index in [1.54, 1.807) is 11.1 Å². The van der Waals surface area contributed by atoms with Crippen LogP contribution in [0.2, 0.25) is 0 Å². The largest absolute Gasteiger partial charge is 0.0804 e. The first kappa shape index (κ1) is 21.7. The summed E-state index contributed by atoms with van der Waals surface area (Å²) in [6, 6.07) is 9.74. The Kier molecular flexibility index (Phi) is 9.16. The van der Waals surface area contributed by atoms with Gasteiger partial charge in [-0.15, -0.1) is 0 Å². The molecule has 1 atom stereocenters. The minimum absolute atomic E-state index is 0.819. The lowest BCUT2D eigenvalue weighted by atomic mass is 9.76. The molecule has 1 aromatic rings. The highest BCUT2D eigenvalue weighted by molar-refractivity contribution is 5.66. The van der Waals surface area contributed by atoms with Crippen LogP contribution in [-0.2, 0) is 0 Å². The van der Waals surface area contributed by atoms with E-state index >= 15 is 0 Å². The highest BCUT2D eigenvalue weighted by Gasteiger charge is 2.22. The van der Waals surface area contributed by atoms with Crippen LogP contribution in [0.5, 0.6) is 0 Å². The van der Waals surface area contributed by atoms with Gasteiger partial charge in [0, 0.05) is 0 Å². The average Bonchev–Trinajstić information content (AvgIpc) is 2.76. The van der Waals surface area contributed by atoms with Crippen LogP contribution < -0.4 is 0 Å². The van der Waals surface area contributed by atoms with Crippen LogP contribution in [0.3, 0.4) is 0 Å². The third-order valence-electron chi connectivity index (χ3n) is 7.55. The minimum Gasteiger partial charge on any atom is -0.0804 e. The van der Waals surface area contributed by atoms with E-state index in [0.717, 1.165) is 17.8 Å². The van der Waals surface area contributed by atoms with E-state index in [9.17, 15) is 0 Å². The summed E-state index contributed by atoms with van der Waals surface area (Å²) in [6.07, 6.45) is 23.7. The van der Waals surface area contributed by atoms with Crippen molar-refractivity contribution in [2.75, 3.05) is 0 Å². The lowest BCUT2D eigenvalue weighted by Gasteiger charge is -2.29. The third-order valence-corrected chi connectivity index (χ3v) is 7.55. The van der Waals surface area contributed by atoms with E-state index in [2.05, 4.69) is 44.2 Å². The van der Waals surface area contributed by atoms with Crippen molar-refractivity contribution >= 4 is 5.57 Å². The molecule has 1 fully saturated rings. The molecular formula is C28H44. The van der Waals surface area contributed by atoms with E-state index in [1.807, 2.05) is 0 Å². The number of allylic oxidation sites excluding steroid dienone is 2. The van der Waals surface area contributed by atoms with Crippen LogP contribution in [0.15, 0.2) is 30.3 Å². The zero-order valence-electron chi connectivity index (χ0n) is 18.7. The molecule has 0 amide bonds. The molecule has 1 aromatic carbocycles. The first-order chi connectivity index (χ1) is 13.8. The third kappa shape index (κ3) is 6.50. The molecule has 0 bridgehead atoms. The van der Waals surface area contributed by atoms with Crippen molar-refractivity contribution in [1.82, 2.24) is 0 Å². The second-order valence-electron chi connectivity index (χ2n) is 9.70. The molecule has 2 aliphatic carbocycles. The minimum atomic E-state index is 0.819. The van der Waals surface area contributed by atoms with E-state index in [1.165, 1.54) is 102 Å². The first-order valence-electron chi connectivity index (χ1n) is 12.6. The van der Waals surface area contributed by atoms with Crippen molar-refractivity contribution in [3.63, 3.8) is 0 Å².